The quantitative estimate of drug-likeness (QED) is 0.200. The highest BCUT2D eigenvalue weighted by molar-refractivity contribution is 7.47. The van der Waals surface area contributed by atoms with E-state index in [0.717, 1.165) is 0 Å². The summed E-state index contributed by atoms with van der Waals surface area (Å²) in [5.41, 5.74) is 12.9. The first-order chi connectivity index (χ1) is 22.0. The molecule has 3 aliphatic heterocycles. The van der Waals surface area contributed by atoms with Gasteiger partial charge in [-0.3, -0.25) is 27.2 Å². The van der Waals surface area contributed by atoms with Crippen LogP contribution in [0.4, 0.5) is 11.6 Å². The van der Waals surface area contributed by atoms with Crippen molar-refractivity contribution in [3.63, 3.8) is 0 Å². The number of phosphoric ester groups is 2. The smallest absolute Gasteiger partial charge is 0.382 e. The summed E-state index contributed by atoms with van der Waals surface area (Å²) in [6.45, 7) is -1.31. The van der Waals surface area contributed by atoms with Gasteiger partial charge in [-0.05, 0) is 0 Å². The summed E-state index contributed by atoms with van der Waals surface area (Å²) in [7, 11) is -7.18. The van der Waals surface area contributed by atoms with Crippen molar-refractivity contribution in [2.75, 3.05) is 38.9 Å². The van der Waals surface area contributed by atoms with Crippen molar-refractivity contribution in [2.24, 2.45) is 0 Å². The Hall–Kier alpha value is -3.24. The lowest BCUT2D eigenvalue weighted by molar-refractivity contribution is -0.0667. The highest BCUT2D eigenvalue weighted by atomic mass is 31.2. The fourth-order valence-electron chi connectivity index (χ4n) is 5.70. The van der Waals surface area contributed by atoms with Gasteiger partial charge < -0.3 is 40.2 Å². The molecule has 0 radical (unpaired) electrons. The summed E-state index contributed by atoms with van der Waals surface area (Å²) in [6, 6.07) is 0. The van der Waals surface area contributed by atoms with Crippen LogP contribution < -0.4 is 11.5 Å². The second kappa shape index (κ2) is 11.8. The maximum atomic E-state index is 13.3. The molecule has 7 heterocycles. The van der Waals surface area contributed by atoms with Crippen molar-refractivity contribution in [2.45, 2.75) is 49.1 Å². The number of fused-ring (bicyclic) bond motifs is 4. The minimum absolute atomic E-state index is 0.108. The number of methoxy groups -OCH3 is 2. The zero-order chi connectivity index (χ0) is 32.4. The Balaban J connectivity index is 1.19. The fraction of sp³-hybridized carbons (Fsp3) is 0.545. The Morgan fingerprint density at radius 2 is 1.15 bits per heavy atom. The zero-order valence-electron chi connectivity index (χ0n) is 23.9. The number of aromatic nitrogens is 8. The topological polar surface area (TPSA) is 288 Å². The first kappa shape index (κ1) is 31.4. The summed E-state index contributed by atoms with van der Waals surface area (Å²) < 4.78 is 74.8. The number of phosphoric acid groups is 2. The van der Waals surface area contributed by atoms with Gasteiger partial charge in [0.25, 0.3) is 0 Å². The van der Waals surface area contributed by atoms with E-state index in [1.807, 2.05) is 0 Å². The predicted molar refractivity (Wildman–Crippen MR) is 150 cm³/mol. The lowest BCUT2D eigenvalue weighted by Crippen LogP contribution is -2.40. The SMILES string of the molecule is CO[C@@H]1[C@@H]2OP(=O)(O)OC[C@H]3O[C@@H](n4cnc5c(N)ncnc54)[C@H](OC)[C@@H]3OP(=O)(O)OC[C@H]2O[C@H]1n1cnc2c(N)ncnc21. The van der Waals surface area contributed by atoms with E-state index in [1.54, 1.807) is 0 Å². The summed E-state index contributed by atoms with van der Waals surface area (Å²) in [4.78, 5) is 46.3. The molecule has 0 saturated carbocycles. The van der Waals surface area contributed by atoms with Crippen LogP contribution in [0.1, 0.15) is 12.5 Å². The van der Waals surface area contributed by atoms with E-state index < -0.39 is 77.9 Å². The Morgan fingerprint density at radius 3 is 1.54 bits per heavy atom. The molecule has 0 amide bonds. The molecule has 46 heavy (non-hydrogen) atoms. The van der Waals surface area contributed by atoms with E-state index in [2.05, 4.69) is 29.9 Å². The third-order valence-corrected chi connectivity index (χ3v) is 9.72. The average molecular weight is 686 g/mol. The standard InChI is InChI=1S/C22H28N10O12P2/c1-37-15-13-9(41-21(15)31-7-29-11-17(23)25-5-27-19(11)31)3-39-46(35,36)44-14-10(4-40-45(33,34)43-13)42-22(16(14)38-2)32-8-30-12-18(24)26-6-28-20(12)32/h5-10,13-16,21-22H,3-4H2,1-2H3,(H,33,34)(H,35,36)(H2,23,25,27)(H2,24,26,28)/t9-,10-,13-,14-,15-,16-,21-,22-/m1/s1. The first-order valence-corrected chi connectivity index (χ1v) is 16.5. The molecule has 22 nitrogen and oxygen atoms in total. The highest BCUT2D eigenvalue weighted by Gasteiger charge is 2.55. The molecule has 4 aromatic heterocycles. The van der Waals surface area contributed by atoms with Crippen molar-refractivity contribution in [3.8, 4) is 0 Å². The van der Waals surface area contributed by atoms with Crippen LogP contribution >= 0.6 is 15.6 Å². The number of nitrogen functional groups attached to an aromatic ring is 2. The van der Waals surface area contributed by atoms with Gasteiger partial charge in [0.15, 0.2) is 35.4 Å². The van der Waals surface area contributed by atoms with Gasteiger partial charge >= 0.3 is 15.6 Å². The molecule has 0 bridgehead atoms. The largest absolute Gasteiger partial charge is 0.472 e. The van der Waals surface area contributed by atoms with Crippen molar-refractivity contribution < 1.29 is 56.0 Å². The number of hydrogen-bond acceptors (Lipinski definition) is 18. The number of imidazole rings is 2. The van der Waals surface area contributed by atoms with Gasteiger partial charge in [-0.1, -0.05) is 0 Å². The van der Waals surface area contributed by atoms with Gasteiger partial charge in [-0.25, -0.2) is 39.0 Å². The number of nitrogens with zero attached hydrogens (tertiary/aromatic N) is 8. The molecule has 0 spiro atoms. The Labute approximate surface area is 258 Å². The van der Waals surface area contributed by atoms with E-state index in [1.165, 1.54) is 48.7 Å². The minimum Gasteiger partial charge on any atom is -0.382 e. The number of nitrogens with two attached hydrogens (primary N) is 2. The average Bonchev–Trinajstić information content (AvgIpc) is 3.78. The molecule has 2 unspecified atom stereocenters. The number of rotatable bonds is 4. The molecular formula is C22H28N10O12P2. The van der Waals surface area contributed by atoms with E-state index in [-0.39, 0.29) is 34.0 Å². The first-order valence-electron chi connectivity index (χ1n) is 13.5. The third kappa shape index (κ3) is 5.45. The zero-order valence-corrected chi connectivity index (χ0v) is 25.7. The van der Waals surface area contributed by atoms with Crippen LogP contribution in [0.2, 0.25) is 0 Å². The molecule has 0 aliphatic carbocycles. The second-order valence-electron chi connectivity index (χ2n) is 10.4. The second-order valence-corrected chi connectivity index (χ2v) is 13.2. The summed E-state index contributed by atoms with van der Waals surface area (Å²) in [5, 5.41) is 0. The van der Waals surface area contributed by atoms with E-state index >= 15 is 0 Å². The molecule has 10 atom stereocenters. The highest BCUT2D eigenvalue weighted by Crippen LogP contribution is 2.54. The lowest BCUT2D eigenvalue weighted by atomic mass is 10.1. The Bertz CT molecular complexity index is 1730. The fourth-order valence-corrected chi connectivity index (χ4v) is 7.62. The lowest BCUT2D eigenvalue weighted by Gasteiger charge is -2.29. The van der Waals surface area contributed by atoms with Crippen LogP contribution in [-0.2, 0) is 46.2 Å². The van der Waals surface area contributed by atoms with Crippen molar-refractivity contribution >= 4 is 49.6 Å². The van der Waals surface area contributed by atoms with Gasteiger partial charge in [0.2, 0.25) is 0 Å². The maximum Gasteiger partial charge on any atom is 0.472 e. The van der Waals surface area contributed by atoms with E-state index in [4.69, 9.17) is 48.5 Å². The molecule has 24 heteroatoms. The Morgan fingerprint density at radius 1 is 0.739 bits per heavy atom. The third-order valence-electron chi connectivity index (χ3n) is 7.75. The van der Waals surface area contributed by atoms with Gasteiger partial charge in [-0.15, -0.1) is 0 Å². The van der Waals surface area contributed by atoms with Crippen molar-refractivity contribution in [3.05, 3.63) is 25.3 Å². The van der Waals surface area contributed by atoms with E-state index in [9.17, 15) is 18.9 Å². The van der Waals surface area contributed by atoms with Crippen LogP contribution in [-0.4, -0.2) is 113 Å². The molecule has 7 rings (SSSR count). The van der Waals surface area contributed by atoms with Gasteiger partial charge in [0.05, 0.1) is 25.9 Å². The Kier molecular flexibility index (Phi) is 8.03. The van der Waals surface area contributed by atoms with Gasteiger partial charge in [0, 0.05) is 14.2 Å². The number of hydrogen-bond donors (Lipinski definition) is 4. The van der Waals surface area contributed by atoms with Crippen LogP contribution in [0.5, 0.6) is 0 Å². The number of anilines is 2. The maximum absolute atomic E-state index is 13.3. The summed E-state index contributed by atoms with van der Waals surface area (Å²) >= 11 is 0. The predicted octanol–water partition coefficient (Wildman–Crippen LogP) is -0.327. The minimum atomic E-state index is -4.90. The summed E-state index contributed by atoms with van der Waals surface area (Å²) in [5.74, 6) is 0.216. The normalized spacial score (nSPS) is 37.1. The monoisotopic (exact) mass is 686 g/mol. The number of ether oxygens (including phenoxy) is 4. The van der Waals surface area contributed by atoms with Crippen LogP contribution in [0, 0.1) is 0 Å². The molecule has 0 aromatic carbocycles. The molecular weight excluding hydrogens is 658 g/mol. The molecule has 6 N–H and O–H groups in total. The van der Waals surface area contributed by atoms with E-state index in [0.29, 0.717) is 0 Å². The summed E-state index contributed by atoms with van der Waals surface area (Å²) in [6.07, 6.45) is -4.45. The molecule has 248 valence electrons. The van der Waals surface area contributed by atoms with Crippen LogP contribution in [0.15, 0.2) is 25.3 Å². The van der Waals surface area contributed by atoms with Gasteiger partial charge in [0.1, 0.15) is 60.3 Å². The van der Waals surface area contributed by atoms with Crippen LogP contribution in [0.3, 0.4) is 0 Å². The molecule has 3 saturated heterocycles. The molecule has 4 aromatic rings. The van der Waals surface area contributed by atoms with Gasteiger partial charge in [-0.2, -0.15) is 0 Å². The molecule has 3 aliphatic rings. The van der Waals surface area contributed by atoms with Crippen LogP contribution in [0.25, 0.3) is 22.3 Å². The molecule has 3 fully saturated rings. The van der Waals surface area contributed by atoms with Crippen molar-refractivity contribution in [1.29, 1.82) is 0 Å². The van der Waals surface area contributed by atoms with Crippen molar-refractivity contribution in [1.82, 2.24) is 39.0 Å².